The number of alkyl halides is 4. The molecule has 17 heteroatoms. The number of nitrogens with zero attached hydrogens (tertiary/aromatic N) is 2. The lowest BCUT2D eigenvalue weighted by atomic mass is 9.85. The molecule has 3 heterocycles. The van der Waals surface area contributed by atoms with Crippen molar-refractivity contribution in [2.24, 2.45) is 11.3 Å². The Kier molecular flexibility index (Phi) is 12.7. The number of hydrogen-bond donors (Lipinski definition) is 5. The first-order chi connectivity index (χ1) is 23.8. The van der Waals surface area contributed by atoms with Crippen molar-refractivity contribution in [3.63, 3.8) is 0 Å². The van der Waals surface area contributed by atoms with Crippen molar-refractivity contribution in [3.8, 4) is 16.2 Å². The lowest BCUT2D eigenvalue weighted by molar-refractivity contribution is -0.192. The molecule has 5 rings (SSSR count). The van der Waals surface area contributed by atoms with E-state index in [0.29, 0.717) is 18.3 Å². The van der Waals surface area contributed by atoms with Gasteiger partial charge < -0.3 is 35.8 Å². The van der Waals surface area contributed by atoms with Gasteiger partial charge in [-0.05, 0) is 68.7 Å². The van der Waals surface area contributed by atoms with Gasteiger partial charge >= 0.3 is 12.1 Å². The monoisotopic (exact) mass is 743 g/mol. The van der Waals surface area contributed by atoms with Crippen LogP contribution < -0.4 is 20.7 Å². The van der Waals surface area contributed by atoms with Crippen molar-refractivity contribution in [2.45, 2.75) is 96.4 Å². The number of ether oxygens (including phenoxy) is 1. The molecule has 2 aromatic rings. The van der Waals surface area contributed by atoms with E-state index in [1.807, 2.05) is 30.6 Å². The van der Waals surface area contributed by atoms with E-state index in [2.05, 4.69) is 20.9 Å². The summed E-state index contributed by atoms with van der Waals surface area (Å²) in [6.07, 6.45) is -3.57. The molecule has 0 radical (unpaired) electrons. The highest BCUT2D eigenvalue weighted by atomic mass is 32.1. The van der Waals surface area contributed by atoms with Gasteiger partial charge in [0.2, 0.25) is 11.8 Å². The number of carbonyl (C=O) groups is 4. The maximum absolute atomic E-state index is 14.5. The minimum absolute atomic E-state index is 0.0480. The summed E-state index contributed by atoms with van der Waals surface area (Å²) in [5, 5.41) is 26.5. The first-order valence-corrected chi connectivity index (χ1v) is 17.6. The molecule has 1 aromatic heterocycles. The Labute approximate surface area is 297 Å². The second kappa shape index (κ2) is 16.2. The third kappa shape index (κ3) is 10.6. The normalized spacial score (nSPS) is 20.8. The second-order valence-corrected chi connectivity index (χ2v) is 15.1. The highest BCUT2D eigenvalue weighted by molar-refractivity contribution is 7.13. The van der Waals surface area contributed by atoms with E-state index >= 15 is 0 Å². The molecule has 0 unspecified atom stereocenters. The lowest BCUT2D eigenvalue weighted by Crippen LogP contribution is -2.59. The van der Waals surface area contributed by atoms with Crippen LogP contribution in [0.2, 0.25) is 0 Å². The van der Waals surface area contributed by atoms with Crippen LogP contribution in [0, 0.1) is 18.3 Å². The van der Waals surface area contributed by atoms with Gasteiger partial charge in [0.25, 0.3) is 5.91 Å². The standard InChI is InChI=1S/C32H44FN5O5S.C2HF3O2/c1-19-26(44-18-36-19)21-5-6-22(25(13-21)43-17-20-7-11-34-12-8-20)15-35-28(40)24-14-23(39)16-38(24)29(41)27(31(2,3)4)37-30(42)32(33)9-10-32;3-2(4,5)1(6)7/h5-6,13,18,20,23-24,27,34,39H,7-12,14-17H2,1-4H3,(H,35,40)(H,37,42);(H,6,7)/t23-,24+,27-;/m1./s1. The van der Waals surface area contributed by atoms with Crippen LogP contribution in [-0.4, -0.2) is 100 Å². The topological polar surface area (TPSA) is 170 Å². The summed E-state index contributed by atoms with van der Waals surface area (Å²) < 4.78 is 52.6. The summed E-state index contributed by atoms with van der Waals surface area (Å²) in [5.41, 5.74) is 1.86. The number of benzene rings is 1. The van der Waals surface area contributed by atoms with Crippen molar-refractivity contribution >= 4 is 35.0 Å². The van der Waals surface area contributed by atoms with Crippen molar-refractivity contribution in [2.75, 3.05) is 26.2 Å². The van der Waals surface area contributed by atoms with Gasteiger partial charge in [0.1, 0.15) is 17.8 Å². The zero-order chi connectivity index (χ0) is 37.7. The quantitative estimate of drug-likeness (QED) is 0.228. The largest absolute Gasteiger partial charge is 0.493 e. The highest BCUT2D eigenvalue weighted by Crippen LogP contribution is 2.40. The van der Waals surface area contributed by atoms with Crippen LogP contribution in [0.3, 0.4) is 0 Å². The first-order valence-electron chi connectivity index (χ1n) is 16.7. The molecular weight excluding hydrogens is 698 g/mol. The maximum Gasteiger partial charge on any atom is 0.490 e. The van der Waals surface area contributed by atoms with E-state index in [0.717, 1.165) is 47.6 Å². The molecule has 1 aromatic carbocycles. The molecule has 1 aliphatic carbocycles. The van der Waals surface area contributed by atoms with Crippen LogP contribution >= 0.6 is 11.3 Å². The van der Waals surface area contributed by atoms with E-state index in [-0.39, 0.29) is 32.4 Å². The number of aliphatic hydroxyl groups excluding tert-OH is 1. The van der Waals surface area contributed by atoms with Crippen molar-refractivity contribution in [3.05, 3.63) is 35.0 Å². The number of aryl methyl sites for hydroxylation is 1. The van der Waals surface area contributed by atoms with Crippen LogP contribution in [0.15, 0.2) is 23.7 Å². The van der Waals surface area contributed by atoms with Gasteiger partial charge in [-0.3, -0.25) is 14.4 Å². The Bertz CT molecular complexity index is 1570. The molecule has 3 fully saturated rings. The zero-order valence-corrected chi connectivity index (χ0v) is 29.8. The summed E-state index contributed by atoms with van der Waals surface area (Å²) >= 11 is 1.56. The minimum atomic E-state index is -5.08. The van der Waals surface area contributed by atoms with Crippen LogP contribution in [0.25, 0.3) is 10.4 Å². The van der Waals surface area contributed by atoms with Gasteiger partial charge in [-0.25, -0.2) is 14.2 Å². The number of halogens is 4. The molecule has 12 nitrogen and oxygen atoms in total. The van der Waals surface area contributed by atoms with E-state index in [1.54, 1.807) is 32.1 Å². The molecule has 51 heavy (non-hydrogen) atoms. The number of thiazole rings is 1. The van der Waals surface area contributed by atoms with Crippen LogP contribution in [0.4, 0.5) is 17.6 Å². The van der Waals surface area contributed by atoms with Gasteiger partial charge in [0, 0.05) is 25.1 Å². The number of β-amino-alcohol motifs (C(OH)–C–C–N with tert-alkyl or cyclic N) is 1. The average molecular weight is 744 g/mol. The molecule has 2 saturated heterocycles. The summed E-state index contributed by atoms with van der Waals surface area (Å²) in [6.45, 7) is 9.92. The fourth-order valence-electron chi connectivity index (χ4n) is 5.83. The van der Waals surface area contributed by atoms with E-state index in [9.17, 15) is 37.1 Å². The molecule has 2 aliphatic heterocycles. The van der Waals surface area contributed by atoms with Gasteiger partial charge in [0.05, 0.1) is 28.8 Å². The number of amides is 3. The van der Waals surface area contributed by atoms with Crippen molar-refractivity contribution < 1.29 is 51.7 Å². The number of piperidine rings is 1. The summed E-state index contributed by atoms with van der Waals surface area (Å²) in [5.74, 6) is -3.36. The number of rotatable bonds is 10. The number of likely N-dealkylation sites (tertiary alicyclic amines) is 1. The molecule has 0 bridgehead atoms. The Balaban J connectivity index is 0.000000755. The number of carboxylic acids is 1. The number of aliphatic carboxylic acids is 1. The SMILES string of the molecule is Cc1ncsc1-c1ccc(CNC(=O)[C@@H]2C[C@@H](O)CN2C(=O)[C@@H](NC(=O)C2(F)CC2)C(C)(C)C)c(OCC2CCNCC2)c1.O=C(O)C(F)(F)F. The molecule has 3 atom stereocenters. The molecule has 3 aliphatic rings. The third-order valence-corrected chi connectivity index (χ3v) is 10.0. The molecule has 282 valence electrons. The second-order valence-electron chi connectivity index (χ2n) is 14.2. The van der Waals surface area contributed by atoms with Gasteiger partial charge in [-0.1, -0.05) is 32.9 Å². The highest BCUT2D eigenvalue weighted by Gasteiger charge is 2.53. The summed E-state index contributed by atoms with van der Waals surface area (Å²) in [4.78, 5) is 55.5. The minimum Gasteiger partial charge on any atom is -0.493 e. The predicted molar refractivity (Wildman–Crippen MR) is 179 cm³/mol. The number of aromatic nitrogens is 1. The molecule has 3 amide bonds. The number of carboxylic acid groups (broad SMARTS) is 1. The predicted octanol–water partition coefficient (Wildman–Crippen LogP) is 3.74. The first kappa shape index (κ1) is 39.9. The van der Waals surface area contributed by atoms with Gasteiger partial charge in [-0.2, -0.15) is 13.2 Å². The van der Waals surface area contributed by atoms with E-state index < -0.39 is 59.1 Å². The number of hydrogen-bond acceptors (Lipinski definition) is 9. The van der Waals surface area contributed by atoms with Crippen LogP contribution in [0.1, 0.15) is 64.1 Å². The fraction of sp³-hybridized carbons (Fsp3) is 0.618. The molecule has 1 saturated carbocycles. The molecular formula is C34H45F4N5O7S. The van der Waals surface area contributed by atoms with Crippen LogP contribution in [-0.2, 0) is 25.7 Å². The average Bonchev–Trinajstić information content (AvgIpc) is 3.47. The van der Waals surface area contributed by atoms with Crippen LogP contribution in [0.5, 0.6) is 5.75 Å². The Morgan fingerprint density at radius 3 is 2.35 bits per heavy atom. The number of nitrogens with one attached hydrogen (secondary N) is 3. The van der Waals surface area contributed by atoms with Crippen molar-refractivity contribution in [1.82, 2.24) is 25.8 Å². The zero-order valence-electron chi connectivity index (χ0n) is 28.9. The van der Waals surface area contributed by atoms with Crippen molar-refractivity contribution in [1.29, 1.82) is 0 Å². The Morgan fingerprint density at radius 2 is 1.80 bits per heavy atom. The fourth-order valence-corrected chi connectivity index (χ4v) is 6.63. The third-order valence-electron chi connectivity index (χ3n) is 9.05. The molecule has 5 N–H and O–H groups in total. The van der Waals surface area contributed by atoms with Gasteiger partial charge in [-0.15, -0.1) is 11.3 Å². The maximum atomic E-state index is 14.5. The van der Waals surface area contributed by atoms with Gasteiger partial charge in [0.15, 0.2) is 5.67 Å². The number of carbonyl (C=O) groups excluding carboxylic acids is 3. The lowest BCUT2D eigenvalue weighted by Gasteiger charge is -2.35. The Hall–Kier alpha value is -3.83. The number of aliphatic hydroxyl groups is 1. The summed E-state index contributed by atoms with van der Waals surface area (Å²) in [7, 11) is 0. The Morgan fingerprint density at radius 1 is 1.16 bits per heavy atom. The van der Waals surface area contributed by atoms with E-state index in [4.69, 9.17) is 14.6 Å². The molecule has 0 spiro atoms. The summed E-state index contributed by atoms with van der Waals surface area (Å²) in [6, 6.07) is 3.93. The van der Waals surface area contributed by atoms with E-state index in [1.165, 1.54) is 4.90 Å². The smallest absolute Gasteiger partial charge is 0.490 e.